The van der Waals surface area contributed by atoms with E-state index in [-0.39, 0.29) is 0 Å². The summed E-state index contributed by atoms with van der Waals surface area (Å²) in [6.45, 7) is 2.42. The summed E-state index contributed by atoms with van der Waals surface area (Å²) in [5, 5.41) is 10.5. The number of rotatable bonds is 5. The van der Waals surface area contributed by atoms with Gasteiger partial charge in [0.15, 0.2) is 0 Å². The predicted octanol–water partition coefficient (Wildman–Crippen LogP) is 17.4. The molecule has 9 aromatic carbocycles. The van der Waals surface area contributed by atoms with Gasteiger partial charge in [-0.05, 0) is 95.8 Å². The third-order valence-electron chi connectivity index (χ3n) is 14.2. The second-order valence-electron chi connectivity index (χ2n) is 17.7. The topological polar surface area (TPSA) is 9.86 Å². The maximum absolute atomic E-state index is 2.54. The smallest absolute Gasteiger partial charge is 0.0555 e. The number of hydrogen-bond donors (Lipinski definition) is 0. The largest absolute Gasteiger partial charge is 0.309 e. The van der Waals surface area contributed by atoms with E-state index < -0.39 is 5.41 Å². The second kappa shape index (κ2) is 14.0. The molecule has 14 rings (SSSR count). The lowest BCUT2D eigenvalue weighted by Crippen LogP contribution is -2.24. The zero-order valence-electron chi connectivity index (χ0n) is 35.6. The van der Waals surface area contributed by atoms with E-state index in [1.807, 2.05) is 22.7 Å². The molecule has 1 atom stereocenters. The molecule has 2 nitrogen and oxygen atoms in total. The van der Waals surface area contributed by atoms with Gasteiger partial charge in [-0.15, -0.1) is 22.7 Å². The Morgan fingerprint density at radius 2 is 0.892 bits per heavy atom. The van der Waals surface area contributed by atoms with Crippen molar-refractivity contribution in [3.8, 4) is 11.4 Å². The van der Waals surface area contributed by atoms with Crippen LogP contribution in [0.15, 0.2) is 212 Å². The minimum atomic E-state index is -0.408. The van der Waals surface area contributed by atoms with Crippen LogP contribution in [0.5, 0.6) is 0 Å². The van der Waals surface area contributed by atoms with Gasteiger partial charge in [-0.1, -0.05) is 158 Å². The molecule has 65 heavy (non-hydrogen) atoms. The van der Waals surface area contributed by atoms with E-state index in [2.05, 4.69) is 228 Å². The highest BCUT2D eigenvalue weighted by molar-refractivity contribution is 7.27. The molecule has 0 fully saturated rings. The minimum absolute atomic E-state index is 0.408. The van der Waals surface area contributed by atoms with E-state index in [1.54, 1.807) is 0 Å². The summed E-state index contributed by atoms with van der Waals surface area (Å²) in [4.78, 5) is 0. The molecule has 13 aromatic rings. The van der Waals surface area contributed by atoms with Crippen molar-refractivity contribution in [1.82, 2.24) is 9.13 Å². The molecule has 0 saturated heterocycles. The molecule has 0 bridgehead atoms. The van der Waals surface area contributed by atoms with Crippen molar-refractivity contribution in [3.05, 3.63) is 229 Å². The number of benzene rings is 9. The Bertz CT molecular complexity index is 3950. The van der Waals surface area contributed by atoms with Crippen molar-refractivity contribution >= 4 is 118 Å². The van der Waals surface area contributed by atoms with Gasteiger partial charge in [0.25, 0.3) is 0 Å². The maximum atomic E-state index is 2.54. The molecule has 4 heteroatoms. The molecule has 0 spiro atoms. The number of fused-ring (bicyclic) bond motifs is 14. The van der Waals surface area contributed by atoms with Gasteiger partial charge in [-0.3, -0.25) is 0 Å². The molecule has 0 amide bonds. The third-order valence-corrected chi connectivity index (χ3v) is 16.6. The zero-order valence-corrected chi connectivity index (χ0v) is 37.3. The Morgan fingerprint density at radius 3 is 1.45 bits per heavy atom. The molecule has 0 saturated carbocycles. The van der Waals surface area contributed by atoms with Crippen LogP contribution in [0.1, 0.15) is 30.0 Å². The summed E-state index contributed by atoms with van der Waals surface area (Å²) < 4.78 is 10.4. The van der Waals surface area contributed by atoms with Crippen LogP contribution in [0.4, 0.5) is 0 Å². The fraction of sp³-hybridized carbons (Fsp3) is 0.0492. The van der Waals surface area contributed by atoms with Gasteiger partial charge in [0, 0.05) is 78.7 Å². The first-order valence-electron chi connectivity index (χ1n) is 22.5. The fourth-order valence-corrected chi connectivity index (χ4v) is 13.8. The van der Waals surface area contributed by atoms with Crippen LogP contribution in [-0.4, -0.2) is 9.13 Å². The molecule has 1 aliphatic rings. The molecule has 4 aromatic heterocycles. The standard InChI is InChI=1S/C61H40N2S2/c1-61(41-18-6-3-7-19-41)37-39(38-16-4-2-5-17-38)28-31-50(61)40-34-42(62-51-24-12-8-22-48(51)57-53(62)32-29-46-44-20-10-14-26-55(44)64-59(46)57)36-43(35-40)63-52-25-13-9-23-49(52)58-54(63)33-30-47-45-21-11-15-27-56(45)65-60(47)58/h2-27,29-37H,28H2,1H3. The van der Waals surface area contributed by atoms with E-state index in [9.17, 15) is 0 Å². The average molecular weight is 865 g/mol. The van der Waals surface area contributed by atoms with Gasteiger partial charge >= 0.3 is 0 Å². The van der Waals surface area contributed by atoms with Gasteiger partial charge < -0.3 is 9.13 Å². The molecule has 1 aliphatic carbocycles. The molecule has 0 radical (unpaired) electrons. The van der Waals surface area contributed by atoms with Gasteiger partial charge in [-0.25, -0.2) is 0 Å². The van der Waals surface area contributed by atoms with Gasteiger partial charge in [-0.2, -0.15) is 0 Å². The molecular formula is C61H40N2S2. The second-order valence-corrected chi connectivity index (χ2v) is 19.8. The Balaban J connectivity index is 1.09. The van der Waals surface area contributed by atoms with E-state index in [1.165, 1.54) is 112 Å². The molecule has 1 unspecified atom stereocenters. The van der Waals surface area contributed by atoms with Crippen molar-refractivity contribution in [2.45, 2.75) is 18.8 Å². The molecule has 4 heterocycles. The summed E-state index contributed by atoms with van der Waals surface area (Å²) in [7, 11) is 0. The quantitative estimate of drug-likeness (QED) is 0.163. The van der Waals surface area contributed by atoms with Gasteiger partial charge in [0.1, 0.15) is 0 Å². The number of nitrogens with zero attached hydrogens (tertiary/aromatic N) is 2. The number of aromatic nitrogens is 2. The molecular weight excluding hydrogens is 825 g/mol. The van der Waals surface area contributed by atoms with Crippen molar-refractivity contribution in [2.75, 3.05) is 0 Å². The summed E-state index contributed by atoms with van der Waals surface area (Å²) in [5.74, 6) is 0. The molecule has 0 aliphatic heterocycles. The lowest BCUT2D eigenvalue weighted by atomic mass is 9.68. The van der Waals surface area contributed by atoms with Crippen LogP contribution in [0.25, 0.3) is 106 Å². The normalized spacial score (nSPS) is 15.6. The van der Waals surface area contributed by atoms with Crippen LogP contribution in [-0.2, 0) is 5.41 Å². The van der Waals surface area contributed by atoms with Crippen molar-refractivity contribution in [2.24, 2.45) is 0 Å². The number of thiophene rings is 2. The van der Waals surface area contributed by atoms with E-state index >= 15 is 0 Å². The Morgan fingerprint density at radius 1 is 0.415 bits per heavy atom. The van der Waals surface area contributed by atoms with Crippen molar-refractivity contribution in [3.63, 3.8) is 0 Å². The Kier molecular flexibility index (Phi) is 7.95. The summed E-state index contributed by atoms with van der Waals surface area (Å²) in [6.07, 6.45) is 5.90. The Labute approximate surface area is 383 Å². The lowest BCUT2D eigenvalue weighted by molar-refractivity contribution is 0.770. The van der Waals surface area contributed by atoms with E-state index in [4.69, 9.17) is 0 Å². The first-order valence-corrected chi connectivity index (χ1v) is 24.1. The summed E-state index contributed by atoms with van der Waals surface area (Å²) >= 11 is 3.82. The predicted molar refractivity (Wildman–Crippen MR) is 282 cm³/mol. The Hall–Kier alpha value is -7.50. The van der Waals surface area contributed by atoms with E-state index in [0.29, 0.717) is 0 Å². The first-order chi connectivity index (χ1) is 32.1. The molecule has 0 N–H and O–H groups in total. The lowest BCUT2D eigenvalue weighted by Gasteiger charge is -2.35. The number of para-hydroxylation sites is 2. The fourth-order valence-electron chi connectivity index (χ4n) is 11.2. The highest BCUT2D eigenvalue weighted by Crippen LogP contribution is 2.49. The van der Waals surface area contributed by atoms with Crippen LogP contribution >= 0.6 is 22.7 Å². The highest BCUT2D eigenvalue weighted by Gasteiger charge is 2.34. The minimum Gasteiger partial charge on any atom is -0.309 e. The third kappa shape index (κ3) is 5.39. The summed E-state index contributed by atoms with van der Waals surface area (Å²) in [6, 6.07) is 74.6. The zero-order chi connectivity index (χ0) is 42.8. The van der Waals surface area contributed by atoms with Gasteiger partial charge in [0.05, 0.1) is 22.1 Å². The summed E-state index contributed by atoms with van der Waals surface area (Å²) in [5.41, 5.74) is 13.2. The van der Waals surface area contributed by atoms with Crippen LogP contribution in [0, 0.1) is 0 Å². The number of hydrogen-bond acceptors (Lipinski definition) is 2. The highest BCUT2D eigenvalue weighted by atomic mass is 32.1. The van der Waals surface area contributed by atoms with Gasteiger partial charge in [0.2, 0.25) is 0 Å². The first kappa shape index (κ1) is 36.9. The maximum Gasteiger partial charge on any atom is 0.0555 e. The van der Waals surface area contributed by atoms with Crippen molar-refractivity contribution in [1.29, 1.82) is 0 Å². The molecule has 306 valence electrons. The monoisotopic (exact) mass is 864 g/mol. The van der Waals surface area contributed by atoms with Crippen LogP contribution in [0.2, 0.25) is 0 Å². The van der Waals surface area contributed by atoms with Crippen molar-refractivity contribution < 1.29 is 0 Å². The van der Waals surface area contributed by atoms with E-state index in [0.717, 1.165) is 17.8 Å². The van der Waals surface area contributed by atoms with Crippen LogP contribution < -0.4 is 0 Å². The average Bonchev–Trinajstić information content (AvgIpc) is 4.12. The van der Waals surface area contributed by atoms with Crippen LogP contribution in [0.3, 0.4) is 0 Å². The SMILES string of the molecule is CC1(c2ccccc2)C=C(c2ccccc2)CC=C1c1cc(-n2c3ccccc3c3c4sc5ccccc5c4ccc32)cc(-n2c3ccccc3c3c4sc5ccccc5c4ccc32)c1. The number of allylic oxidation sites excluding steroid dienone is 4.